The molecule has 0 N–H and O–H groups in total. The van der Waals surface area contributed by atoms with Crippen molar-refractivity contribution in [3.63, 3.8) is 0 Å². The third-order valence-corrected chi connectivity index (χ3v) is 4.64. The number of urea groups is 1. The topological polar surface area (TPSA) is 79.6 Å². The molecule has 0 spiro atoms. The lowest BCUT2D eigenvalue weighted by Crippen LogP contribution is -2.48. The van der Waals surface area contributed by atoms with Crippen molar-refractivity contribution in [1.29, 1.82) is 0 Å². The van der Waals surface area contributed by atoms with Crippen LogP contribution in [0.5, 0.6) is 0 Å². The summed E-state index contributed by atoms with van der Waals surface area (Å²) in [6.45, 7) is 3.53. The number of carbonyl (C=O) groups excluding carboxylic acids is 1. The van der Waals surface area contributed by atoms with Crippen molar-refractivity contribution in [3.8, 4) is 0 Å². The summed E-state index contributed by atoms with van der Waals surface area (Å²) in [5.41, 5.74) is 0.859. The maximum atomic E-state index is 12.1. The largest absolute Gasteiger partial charge is 0.377 e. The van der Waals surface area contributed by atoms with E-state index in [0.717, 1.165) is 31.1 Å². The average molecular weight is 343 g/mol. The molecule has 2 fully saturated rings. The Bertz CT molecular complexity index is 771. The minimum atomic E-state index is 0.0291. The summed E-state index contributed by atoms with van der Waals surface area (Å²) in [7, 11) is 3.45. The Morgan fingerprint density at radius 1 is 1.32 bits per heavy atom. The van der Waals surface area contributed by atoms with E-state index in [1.54, 1.807) is 29.3 Å². The van der Waals surface area contributed by atoms with E-state index in [2.05, 4.69) is 20.0 Å². The summed E-state index contributed by atoms with van der Waals surface area (Å²) in [5, 5.41) is 4.44. The second-order valence-electron chi connectivity index (χ2n) is 6.36. The van der Waals surface area contributed by atoms with Crippen molar-refractivity contribution in [2.45, 2.75) is 12.6 Å². The Morgan fingerprint density at radius 2 is 2.16 bits per heavy atom. The van der Waals surface area contributed by atoms with Crippen LogP contribution in [0.4, 0.5) is 16.3 Å². The van der Waals surface area contributed by atoms with E-state index in [4.69, 9.17) is 4.74 Å². The molecule has 9 heteroatoms. The molecule has 2 saturated heterocycles. The Hall–Kier alpha value is -2.68. The zero-order chi connectivity index (χ0) is 17.4. The van der Waals surface area contributed by atoms with Gasteiger partial charge >= 0.3 is 6.03 Å². The lowest BCUT2D eigenvalue weighted by atomic mass is 10.1. The monoisotopic (exact) mass is 343 g/mol. The number of ether oxygens (including phenoxy) is 1. The lowest BCUT2D eigenvalue weighted by molar-refractivity contribution is 0.177. The van der Waals surface area contributed by atoms with Gasteiger partial charge in [0.15, 0.2) is 5.82 Å². The summed E-state index contributed by atoms with van der Waals surface area (Å²) in [6.07, 6.45) is 5.47. The standard InChI is InChI=1S/C16H21N7O2/c1-20-5-6-22(16(20)24)12-7-18-23(10-12)13-8-21(9-13)15-3-4-17-14(19-15)11-25-2/h3-4,7,10,13H,5-6,8-9,11H2,1-2H3. The maximum Gasteiger partial charge on any atom is 0.324 e. The first kappa shape index (κ1) is 15.8. The first-order valence-electron chi connectivity index (χ1n) is 8.28. The highest BCUT2D eigenvalue weighted by atomic mass is 16.5. The summed E-state index contributed by atoms with van der Waals surface area (Å²) in [4.78, 5) is 26.4. The first-order chi connectivity index (χ1) is 12.2. The lowest BCUT2D eigenvalue weighted by Gasteiger charge is -2.40. The molecule has 0 saturated carbocycles. The molecule has 0 radical (unpaired) electrons. The zero-order valence-electron chi connectivity index (χ0n) is 14.4. The van der Waals surface area contributed by atoms with Crippen molar-refractivity contribution in [2.24, 2.45) is 0 Å². The van der Waals surface area contributed by atoms with E-state index < -0.39 is 0 Å². The Morgan fingerprint density at radius 3 is 2.88 bits per heavy atom. The quantitative estimate of drug-likeness (QED) is 0.797. The first-order valence-corrected chi connectivity index (χ1v) is 8.28. The van der Waals surface area contributed by atoms with Crippen LogP contribution < -0.4 is 9.80 Å². The van der Waals surface area contributed by atoms with Crippen molar-refractivity contribution in [1.82, 2.24) is 24.6 Å². The molecule has 0 bridgehead atoms. The van der Waals surface area contributed by atoms with Gasteiger partial charge in [-0.1, -0.05) is 0 Å². The van der Waals surface area contributed by atoms with E-state index >= 15 is 0 Å². The summed E-state index contributed by atoms with van der Waals surface area (Å²) >= 11 is 0. The van der Waals surface area contributed by atoms with Gasteiger partial charge in [-0.2, -0.15) is 5.10 Å². The number of hydrogen-bond acceptors (Lipinski definition) is 6. The van der Waals surface area contributed by atoms with Gasteiger partial charge in [0.1, 0.15) is 12.4 Å². The molecule has 2 aliphatic rings. The van der Waals surface area contributed by atoms with E-state index in [0.29, 0.717) is 19.0 Å². The van der Waals surface area contributed by atoms with E-state index in [1.165, 1.54) is 0 Å². The SMILES string of the molecule is COCc1nccc(N2CC(n3cc(N4CCN(C)C4=O)cn3)C2)n1. The van der Waals surface area contributed by atoms with Gasteiger partial charge in [-0.05, 0) is 6.07 Å². The third kappa shape index (κ3) is 2.91. The van der Waals surface area contributed by atoms with Crippen LogP contribution in [0.3, 0.4) is 0 Å². The second-order valence-corrected chi connectivity index (χ2v) is 6.36. The third-order valence-electron chi connectivity index (χ3n) is 4.64. The van der Waals surface area contributed by atoms with Crippen LogP contribution in [0.2, 0.25) is 0 Å². The fourth-order valence-electron chi connectivity index (χ4n) is 3.13. The van der Waals surface area contributed by atoms with Crippen LogP contribution in [0.25, 0.3) is 0 Å². The Balaban J connectivity index is 1.40. The number of methoxy groups -OCH3 is 1. The normalized spacial score (nSPS) is 18.2. The highest BCUT2D eigenvalue weighted by molar-refractivity contribution is 5.93. The molecule has 0 atom stereocenters. The molecule has 9 nitrogen and oxygen atoms in total. The fraction of sp³-hybridized carbons (Fsp3) is 0.500. The Labute approximate surface area is 145 Å². The van der Waals surface area contributed by atoms with Crippen LogP contribution in [-0.4, -0.2) is 71.0 Å². The predicted molar refractivity (Wildman–Crippen MR) is 91.6 cm³/mol. The molecule has 25 heavy (non-hydrogen) atoms. The number of likely N-dealkylation sites (N-methyl/N-ethyl adjacent to an activating group) is 1. The van der Waals surface area contributed by atoms with Crippen LogP contribution >= 0.6 is 0 Å². The second kappa shape index (κ2) is 6.32. The minimum absolute atomic E-state index is 0.0291. The number of nitrogens with zero attached hydrogens (tertiary/aromatic N) is 7. The van der Waals surface area contributed by atoms with Crippen LogP contribution in [0.1, 0.15) is 11.9 Å². The van der Waals surface area contributed by atoms with E-state index in [-0.39, 0.29) is 12.1 Å². The number of rotatable bonds is 5. The molecule has 0 unspecified atom stereocenters. The molecule has 4 rings (SSSR count). The van der Waals surface area contributed by atoms with Gasteiger partial charge in [-0.3, -0.25) is 9.58 Å². The number of carbonyl (C=O) groups is 1. The van der Waals surface area contributed by atoms with Crippen molar-refractivity contribution >= 4 is 17.5 Å². The van der Waals surface area contributed by atoms with Gasteiger partial charge in [0.05, 0.1) is 17.9 Å². The molecule has 2 aliphatic heterocycles. The highest BCUT2D eigenvalue weighted by Gasteiger charge is 2.32. The van der Waals surface area contributed by atoms with Crippen molar-refractivity contribution < 1.29 is 9.53 Å². The smallest absolute Gasteiger partial charge is 0.324 e. The molecular weight excluding hydrogens is 322 g/mol. The molecule has 0 aromatic carbocycles. The molecule has 4 heterocycles. The van der Waals surface area contributed by atoms with Crippen molar-refractivity contribution in [2.75, 3.05) is 50.1 Å². The molecule has 2 aromatic heterocycles. The molecule has 132 valence electrons. The molecule has 2 amide bonds. The van der Waals surface area contributed by atoms with Crippen LogP contribution in [0.15, 0.2) is 24.7 Å². The average Bonchev–Trinajstić information content (AvgIpc) is 3.15. The molecule has 2 aromatic rings. The Kier molecular flexibility index (Phi) is 4.00. The molecular formula is C16H21N7O2. The number of hydrogen-bond donors (Lipinski definition) is 0. The summed E-state index contributed by atoms with van der Waals surface area (Å²) in [6, 6.07) is 2.22. The highest BCUT2D eigenvalue weighted by Crippen LogP contribution is 2.28. The number of anilines is 2. The van der Waals surface area contributed by atoms with Gasteiger partial charge < -0.3 is 14.5 Å². The predicted octanol–water partition coefficient (Wildman–Crippen LogP) is 0.753. The van der Waals surface area contributed by atoms with Gasteiger partial charge in [-0.25, -0.2) is 14.8 Å². The number of amides is 2. The summed E-state index contributed by atoms with van der Waals surface area (Å²) in [5.74, 6) is 1.59. The zero-order valence-corrected chi connectivity index (χ0v) is 14.4. The summed E-state index contributed by atoms with van der Waals surface area (Å²) < 4.78 is 7.02. The van der Waals surface area contributed by atoms with Gasteiger partial charge in [0.2, 0.25) is 0 Å². The van der Waals surface area contributed by atoms with Crippen LogP contribution in [0, 0.1) is 0 Å². The van der Waals surface area contributed by atoms with E-state index in [1.807, 2.05) is 24.0 Å². The van der Waals surface area contributed by atoms with Crippen molar-refractivity contribution in [3.05, 3.63) is 30.5 Å². The van der Waals surface area contributed by atoms with E-state index in [9.17, 15) is 4.79 Å². The maximum absolute atomic E-state index is 12.1. The fourth-order valence-corrected chi connectivity index (χ4v) is 3.13. The minimum Gasteiger partial charge on any atom is -0.377 e. The van der Waals surface area contributed by atoms with Gasteiger partial charge in [0, 0.05) is 52.7 Å². The number of aromatic nitrogens is 4. The van der Waals surface area contributed by atoms with Crippen LogP contribution in [-0.2, 0) is 11.3 Å². The molecule has 0 aliphatic carbocycles. The van der Waals surface area contributed by atoms with Gasteiger partial charge in [0.25, 0.3) is 0 Å². The van der Waals surface area contributed by atoms with Gasteiger partial charge in [-0.15, -0.1) is 0 Å².